The third-order valence-corrected chi connectivity index (χ3v) is 4.89. The van der Waals surface area contributed by atoms with E-state index in [2.05, 4.69) is 15.8 Å². The summed E-state index contributed by atoms with van der Waals surface area (Å²) in [6.45, 7) is 1.28. The summed E-state index contributed by atoms with van der Waals surface area (Å²) in [4.78, 5) is 34.6. The van der Waals surface area contributed by atoms with E-state index in [9.17, 15) is 19.7 Å². The van der Waals surface area contributed by atoms with Gasteiger partial charge in [0, 0.05) is 16.8 Å². The molecular formula is C24H21ClN4O5. The Labute approximate surface area is 200 Å². The number of benzene rings is 3. The van der Waals surface area contributed by atoms with E-state index in [4.69, 9.17) is 16.3 Å². The monoisotopic (exact) mass is 480 g/mol. The number of halogens is 1. The van der Waals surface area contributed by atoms with Crippen LogP contribution >= 0.6 is 11.6 Å². The molecule has 0 heterocycles. The van der Waals surface area contributed by atoms with Gasteiger partial charge in [0.2, 0.25) is 5.91 Å². The molecule has 0 saturated carbocycles. The van der Waals surface area contributed by atoms with Gasteiger partial charge in [0.25, 0.3) is 5.91 Å². The molecule has 0 fully saturated rings. The molecule has 2 N–H and O–H groups in total. The molecule has 0 aliphatic heterocycles. The van der Waals surface area contributed by atoms with Crippen molar-refractivity contribution in [3.8, 4) is 5.75 Å². The third-order valence-electron chi connectivity index (χ3n) is 4.63. The summed E-state index contributed by atoms with van der Waals surface area (Å²) in [5.74, 6) is -0.730. The number of nitro groups is 1. The van der Waals surface area contributed by atoms with Crippen molar-refractivity contribution in [2.24, 2.45) is 5.10 Å². The Balaban J connectivity index is 1.50. The Morgan fingerprint density at radius 3 is 2.35 bits per heavy atom. The second-order valence-corrected chi connectivity index (χ2v) is 7.61. The van der Waals surface area contributed by atoms with Crippen LogP contribution in [-0.4, -0.2) is 29.1 Å². The summed E-state index contributed by atoms with van der Waals surface area (Å²) < 4.78 is 5.23. The lowest BCUT2D eigenvalue weighted by molar-refractivity contribution is -0.385. The van der Waals surface area contributed by atoms with Gasteiger partial charge in [-0.25, -0.2) is 5.43 Å². The fraction of sp³-hybridized carbons (Fsp3) is 0.125. The molecule has 0 aromatic heterocycles. The highest BCUT2D eigenvalue weighted by Crippen LogP contribution is 2.25. The van der Waals surface area contributed by atoms with Crippen molar-refractivity contribution in [3.05, 3.63) is 99.1 Å². The molecule has 0 unspecified atom stereocenters. The second kappa shape index (κ2) is 11.6. The Bertz CT molecular complexity index is 1210. The number of anilines is 1. The van der Waals surface area contributed by atoms with Crippen LogP contribution in [0.15, 0.2) is 77.9 Å². The van der Waals surface area contributed by atoms with Gasteiger partial charge in [-0.3, -0.25) is 19.7 Å². The second-order valence-electron chi connectivity index (χ2n) is 7.17. The Hall–Kier alpha value is -4.24. The number of ether oxygens (including phenoxy) is 1. The predicted molar refractivity (Wildman–Crippen MR) is 129 cm³/mol. The van der Waals surface area contributed by atoms with Crippen molar-refractivity contribution in [2.75, 3.05) is 11.9 Å². The van der Waals surface area contributed by atoms with Crippen molar-refractivity contribution in [3.63, 3.8) is 0 Å². The van der Waals surface area contributed by atoms with Gasteiger partial charge < -0.3 is 10.1 Å². The summed E-state index contributed by atoms with van der Waals surface area (Å²) in [5, 5.41) is 18.4. The van der Waals surface area contributed by atoms with Crippen LogP contribution in [0.1, 0.15) is 18.1 Å². The molecule has 0 atom stereocenters. The molecule has 0 aliphatic rings. The molecule has 3 aromatic carbocycles. The number of para-hydroxylation sites is 2. The molecule has 3 rings (SSSR count). The number of hydrogen-bond acceptors (Lipinski definition) is 6. The molecule has 0 radical (unpaired) electrons. The van der Waals surface area contributed by atoms with Crippen molar-refractivity contribution >= 4 is 40.5 Å². The number of carbonyl (C=O) groups excluding carboxylic acids is 2. The molecular weight excluding hydrogens is 460 g/mol. The molecule has 9 nitrogen and oxygen atoms in total. The zero-order valence-corrected chi connectivity index (χ0v) is 18.9. The Morgan fingerprint density at radius 2 is 1.68 bits per heavy atom. The number of nitrogens with one attached hydrogen (secondary N) is 2. The van der Waals surface area contributed by atoms with Crippen LogP contribution in [0.5, 0.6) is 5.75 Å². The fourth-order valence-electron chi connectivity index (χ4n) is 2.90. The fourth-order valence-corrected chi connectivity index (χ4v) is 3.03. The predicted octanol–water partition coefficient (Wildman–Crippen LogP) is 4.35. The SMILES string of the molecule is C/C(=N\NC(=O)COc1ccccc1[N+](=O)[O-])c1ccc(NC(=O)Cc2ccc(Cl)cc2)cc1. The van der Waals surface area contributed by atoms with Crippen LogP contribution in [0.3, 0.4) is 0 Å². The number of carbonyl (C=O) groups is 2. The van der Waals surface area contributed by atoms with Gasteiger partial charge in [-0.1, -0.05) is 48.0 Å². The van der Waals surface area contributed by atoms with E-state index in [0.29, 0.717) is 16.4 Å². The summed E-state index contributed by atoms with van der Waals surface area (Å²) in [6, 6.07) is 19.8. The van der Waals surface area contributed by atoms with Crippen LogP contribution in [0.2, 0.25) is 5.02 Å². The highest BCUT2D eigenvalue weighted by molar-refractivity contribution is 6.30. The van der Waals surface area contributed by atoms with Crippen molar-refractivity contribution < 1.29 is 19.2 Å². The standard InChI is InChI=1S/C24H21ClN4O5/c1-16(27-28-24(31)15-34-22-5-3-2-4-21(22)29(32)33)18-8-12-20(13-9-18)26-23(30)14-17-6-10-19(25)11-7-17/h2-13H,14-15H2,1H3,(H,26,30)(H,28,31)/b27-16+. The number of nitrogens with zero attached hydrogens (tertiary/aromatic N) is 2. The largest absolute Gasteiger partial charge is 0.477 e. The van der Waals surface area contributed by atoms with Gasteiger partial charge >= 0.3 is 5.69 Å². The van der Waals surface area contributed by atoms with Crippen LogP contribution in [0.4, 0.5) is 11.4 Å². The minimum absolute atomic E-state index is 0.00273. The van der Waals surface area contributed by atoms with Gasteiger partial charge in [-0.05, 0) is 48.4 Å². The minimum atomic E-state index is -0.584. The van der Waals surface area contributed by atoms with Crippen LogP contribution in [-0.2, 0) is 16.0 Å². The Morgan fingerprint density at radius 1 is 1.00 bits per heavy atom. The third kappa shape index (κ3) is 7.14. The zero-order chi connectivity index (χ0) is 24.5. The molecule has 2 amide bonds. The summed E-state index contributed by atoms with van der Waals surface area (Å²) in [5.41, 5.74) is 4.86. The van der Waals surface area contributed by atoms with E-state index in [1.165, 1.54) is 18.2 Å². The smallest absolute Gasteiger partial charge is 0.310 e. The van der Waals surface area contributed by atoms with Crippen molar-refractivity contribution in [2.45, 2.75) is 13.3 Å². The number of hydrazone groups is 1. The van der Waals surface area contributed by atoms with Crippen LogP contribution in [0.25, 0.3) is 0 Å². The van der Waals surface area contributed by atoms with Crippen molar-refractivity contribution in [1.82, 2.24) is 5.43 Å². The lowest BCUT2D eigenvalue weighted by atomic mass is 10.1. The van der Waals surface area contributed by atoms with E-state index in [1.807, 2.05) is 0 Å². The average molecular weight is 481 g/mol. The molecule has 174 valence electrons. The van der Waals surface area contributed by atoms with Gasteiger partial charge in [0.05, 0.1) is 17.1 Å². The van der Waals surface area contributed by atoms with Gasteiger partial charge in [0.1, 0.15) is 0 Å². The summed E-state index contributed by atoms with van der Waals surface area (Å²) in [6.07, 6.45) is 0.222. The molecule has 10 heteroatoms. The van der Waals surface area contributed by atoms with Gasteiger partial charge in [-0.15, -0.1) is 0 Å². The molecule has 3 aromatic rings. The summed E-state index contributed by atoms with van der Waals surface area (Å²) in [7, 11) is 0. The maximum atomic E-state index is 12.2. The maximum Gasteiger partial charge on any atom is 0.310 e. The Kier molecular flexibility index (Phi) is 8.31. The molecule has 0 spiro atoms. The highest BCUT2D eigenvalue weighted by atomic mass is 35.5. The topological polar surface area (TPSA) is 123 Å². The van der Waals surface area contributed by atoms with Crippen molar-refractivity contribution in [1.29, 1.82) is 0 Å². The lowest BCUT2D eigenvalue weighted by Gasteiger charge is -2.08. The van der Waals surface area contributed by atoms with E-state index in [-0.39, 0.29) is 23.8 Å². The lowest BCUT2D eigenvalue weighted by Crippen LogP contribution is -2.25. The highest BCUT2D eigenvalue weighted by Gasteiger charge is 2.14. The van der Waals surface area contributed by atoms with E-state index in [0.717, 1.165) is 11.1 Å². The first kappa shape index (κ1) is 24.4. The molecule has 0 saturated heterocycles. The quantitative estimate of drug-likeness (QED) is 0.268. The molecule has 0 bridgehead atoms. The zero-order valence-electron chi connectivity index (χ0n) is 18.2. The van der Waals surface area contributed by atoms with Gasteiger partial charge in [-0.2, -0.15) is 5.10 Å². The first-order chi connectivity index (χ1) is 16.3. The first-order valence-electron chi connectivity index (χ1n) is 10.2. The number of hydrogen-bond donors (Lipinski definition) is 2. The number of rotatable bonds is 9. The minimum Gasteiger partial charge on any atom is -0.477 e. The molecule has 34 heavy (non-hydrogen) atoms. The van der Waals surface area contributed by atoms with Gasteiger partial charge in [0.15, 0.2) is 12.4 Å². The molecule has 0 aliphatic carbocycles. The summed E-state index contributed by atoms with van der Waals surface area (Å²) >= 11 is 5.85. The first-order valence-corrected chi connectivity index (χ1v) is 10.5. The number of amides is 2. The van der Waals surface area contributed by atoms with Crippen LogP contribution < -0.4 is 15.5 Å². The van der Waals surface area contributed by atoms with E-state index in [1.54, 1.807) is 61.5 Å². The van der Waals surface area contributed by atoms with E-state index < -0.39 is 17.4 Å². The number of nitro benzene ring substituents is 1. The normalized spacial score (nSPS) is 10.9. The van der Waals surface area contributed by atoms with Crippen LogP contribution in [0, 0.1) is 10.1 Å². The van der Waals surface area contributed by atoms with E-state index >= 15 is 0 Å². The maximum absolute atomic E-state index is 12.2. The average Bonchev–Trinajstić information content (AvgIpc) is 2.83.